The van der Waals surface area contributed by atoms with Crippen LogP contribution in [-0.2, 0) is 25.5 Å². The number of ether oxygens (including phenoxy) is 2. The van der Waals surface area contributed by atoms with E-state index in [4.69, 9.17) is 9.47 Å². The number of halogens is 1. The van der Waals surface area contributed by atoms with E-state index in [0.29, 0.717) is 5.56 Å². The number of carbonyl (C=O) groups excluding carboxylic acids is 3. The molecule has 2 amide bonds. The average molecular weight is 350 g/mol. The molecule has 0 fully saturated rings. The molecule has 0 aliphatic carbocycles. The molecule has 8 heteroatoms. The lowest BCUT2D eigenvalue weighted by atomic mass is 10.0. The number of carbonyl (C=O) groups is 3. The Balaban J connectivity index is 2.05. The maximum atomic E-state index is 12.9. The molecular weight excluding hydrogens is 331 g/mol. The molecule has 2 N–H and O–H groups in total. The number of amides is 2. The highest BCUT2D eigenvalue weighted by Crippen LogP contribution is 2.15. The molecule has 0 aromatic heterocycles. The van der Waals surface area contributed by atoms with Gasteiger partial charge in [-0.2, -0.15) is 0 Å². The van der Waals surface area contributed by atoms with E-state index in [-0.39, 0.29) is 30.9 Å². The summed E-state index contributed by atoms with van der Waals surface area (Å²) in [4.78, 5) is 35.6. The summed E-state index contributed by atoms with van der Waals surface area (Å²) in [5.74, 6) is -1.55. The summed E-state index contributed by atoms with van der Waals surface area (Å²) >= 11 is 0. The topological polar surface area (TPSA) is 93.7 Å². The quantitative estimate of drug-likeness (QED) is 0.757. The van der Waals surface area contributed by atoms with Crippen molar-refractivity contribution < 1.29 is 28.2 Å². The molecule has 7 nitrogen and oxygen atoms in total. The second-order valence-corrected chi connectivity index (χ2v) is 5.40. The Morgan fingerprint density at radius 2 is 1.88 bits per heavy atom. The highest BCUT2D eigenvalue weighted by atomic mass is 19.1. The predicted octanol–water partition coefficient (Wildman–Crippen LogP) is 1.43. The minimum Gasteiger partial charge on any atom is -0.463 e. The Bertz CT molecular complexity index is 699. The average Bonchev–Trinajstić information content (AvgIpc) is 2.54. The molecule has 1 aliphatic heterocycles. The van der Waals surface area contributed by atoms with Crippen LogP contribution in [0.3, 0.4) is 0 Å². The van der Waals surface area contributed by atoms with Gasteiger partial charge in [-0.05, 0) is 31.5 Å². The Kier molecular flexibility index (Phi) is 6.10. The van der Waals surface area contributed by atoms with Gasteiger partial charge >= 0.3 is 18.0 Å². The van der Waals surface area contributed by atoms with E-state index < -0.39 is 29.8 Å². The molecule has 0 saturated heterocycles. The number of hydrogen-bond donors (Lipinski definition) is 2. The van der Waals surface area contributed by atoms with Gasteiger partial charge in [0.15, 0.2) is 0 Å². The molecule has 0 saturated carbocycles. The van der Waals surface area contributed by atoms with Crippen LogP contribution in [0.5, 0.6) is 0 Å². The van der Waals surface area contributed by atoms with Crippen LogP contribution in [0, 0.1) is 5.82 Å². The van der Waals surface area contributed by atoms with Gasteiger partial charge in [0.25, 0.3) is 0 Å². The molecular formula is C17H19FN2O5. The van der Waals surface area contributed by atoms with Gasteiger partial charge in [-0.3, -0.25) is 4.79 Å². The first-order chi connectivity index (χ1) is 11.9. The number of rotatable bonds is 6. The maximum absolute atomic E-state index is 12.9. The van der Waals surface area contributed by atoms with Crippen molar-refractivity contribution in [3.8, 4) is 0 Å². The van der Waals surface area contributed by atoms with E-state index in [2.05, 4.69) is 10.6 Å². The summed E-state index contributed by atoms with van der Waals surface area (Å²) in [7, 11) is 0. The second kappa shape index (κ2) is 8.27. The van der Waals surface area contributed by atoms with E-state index in [1.165, 1.54) is 24.3 Å². The Labute approximate surface area is 144 Å². The van der Waals surface area contributed by atoms with Crippen molar-refractivity contribution in [3.63, 3.8) is 0 Å². The van der Waals surface area contributed by atoms with Gasteiger partial charge in [-0.15, -0.1) is 0 Å². The molecule has 25 heavy (non-hydrogen) atoms. The van der Waals surface area contributed by atoms with Crippen LogP contribution in [0.1, 0.15) is 19.4 Å². The van der Waals surface area contributed by atoms with Crippen molar-refractivity contribution in [1.82, 2.24) is 10.6 Å². The first-order valence-electron chi connectivity index (χ1n) is 7.78. The Morgan fingerprint density at radius 3 is 2.52 bits per heavy atom. The van der Waals surface area contributed by atoms with Gasteiger partial charge in [-0.1, -0.05) is 12.1 Å². The predicted molar refractivity (Wildman–Crippen MR) is 85.9 cm³/mol. The third-order valence-electron chi connectivity index (χ3n) is 3.50. The largest absolute Gasteiger partial charge is 0.463 e. The minimum atomic E-state index is -0.591. The SMILES string of the molecule is CCOC(=O)C1=C(COC(=O)Cc2ccc(F)cc2)NC(=O)N[C@H]1C. The third-order valence-corrected chi connectivity index (χ3v) is 3.50. The molecule has 0 spiro atoms. The van der Waals surface area contributed by atoms with Crippen molar-refractivity contribution in [2.75, 3.05) is 13.2 Å². The standard InChI is InChI=1S/C17H19FN2O5/c1-3-24-16(22)15-10(2)19-17(23)20-13(15)9-25-14(21)8-11-4-6-12(18)7-5-11/h4-7,10H,3,8-9H2,1-2H3,(H2,19,20,23)/t10-/m0/s1. The highest BCUT2D eigenvalue weighted by Gasteiger charge is 2.30. The maximum Gasteiger partial charge on any atom is 0.338 e. The van der Waals surface area contributed by atoms with Gasteiger partial charge in [0, 0.05) is 0 Å². The van der Waals surface area contributed by atoms with E-state index in [9.17, 15) is 18.8 Å². The fourth-order valence-electron chi connectivity index (χ4n) is 2.37. The molecule has 0 unspecified atom stereocenters. The zero-order valence-electron chi connectivity index (χ0n) is 13.9. The number of hydrogen-bond acceptors (Lipinski definition) is 5. The molecule has 134 valence electrons. The van der Waals surface area contributed by atoms with Crippen LogP contribution in [-0.4, -0.2) is 37.2 Å². The van der Waals surface area contributed by atoms with Crippen molar-refractivity contribution in [2.45, 2.75) is 26.3 Å². The number of benzene rings is 1. The van der Waals surface area contributed by atoms with Crippen LogP contribution in [0.15, 0.2) is 35.5 Å². The highest BCUT2D eigenvalue weighted by molar-refractivity contribution is 5.94. The molecule has 0 bridgehead atoms. The first-order valence-corrected chi connectivity index (χ1v) is 7.78. The van der Waals surface area contributed by atoms with E-state index in [1.54, 1.807) is 13.8 Å². The molecule has 1 aromatic carbocycles. The lowest BCUT2D eigenvalue weighted by Gasteiger charge is -2.26. The summed E-state index contributed by atoms with van der Waals surface area (Å²) in [5.41, 5.74) is 0.979. The lowest BCUT2D eigenvalue weighted by molar-refractivity contribution is -0.143. The zero-order valence-corrected chi connectivity index (χ0v) is 13.9. The molecule has 1 aliphatic rings. The first kappa shape index (κ1) is 18.4. The number of esters is 2. The lowest BCUT2D eigenvalue weighted by Crippen LogP contribution is -2.50. The van der Waals surface area contributed by atoms with Gasteiger partial charge in [-0.25, -0.2) is 14.0 Å². The molecule has 1 atom stereocenters. The minimum absolute atomic E-state index is 0.0515. The van der Waals surface area contributed by atoms with E-state index in [0.717, 1.165) is 0 Å². The van der Waals surface area contributed by atoms with Gasteiger partial charge < -0.3 is 20.1 Å². The van der Waals surface area contributed by atoms with Gasteiger partial charge in [0.1, 0.15) is 12.4 Å². The normalized spacial score (nSPS) is 16.8. The Hall–Kier alpha value is -2.90. The molecule has 1 aromatic rings. The number of nitrogens with one attached hydrogen (secondary N) is 2. The molecule has 1 heterocycles. The smallest absolute Gasteiger partial charge is 0.338 e. The summed E-state index contributed by atoms with van der Waals surface area (Å²) in [6.07, 6.45) is -0.0515. The zero-order chi connectivity index (χ0) is 18.4. The molecule has 0 radical (unpaired) electrons. The van der Waals surface area contributed by atoms with Crippen molar-refractivity contribution in [1.29, 1.82) is 0 Å². The molecule has 2 rings (SSSR count). The monoisotopic (exact) mass is 350 g/mol. The van der Waals surface area contributed by atoms with E-state index >= 15 is 0 Å². The third kappa shape index (κ3) is 5.03. The summed E-state index contributed by atoms with van der Waals surface area (Å²) < 4.78 is 23.0. The summed E-state index contributed by atoms with van der Waals surface area (Å²) in [6.45, 7) is 3.21. The van der Waals surface area contributed by atoms with Crippen LogP contribution in [0.4, 0.5) is 9.18 Å². The van der Waals surface area contributed by atoms with Crippen molar-refractivity contribution in [3.05, 3.63) is 46.9 Å². The van der Waals surface area contributed by atoms with Gasteiger partial charge in [0.05, 0.1) is 30.3 Å². The summed E-state index contributed by atoms with van der Waals surface area (Å²) in [5, 5.41) is 5.01. The van der Waals surface area contributed by atoms with E-state index in [1.807, 2.05) is 0 Å². The van der Waals surface area contributed by atoms with Crippen molar-refractivity contribution in [2.24, 2.45) is 0 Å². The summed E-state index contributed by atoms with van der Waals surface area (Å²) in [6, 6.07) is 4.39. The van der Waals surface area contributed by atoms with Crippen LogP contribution in [0.25, 0.3) is 0 Å². The fraction of sp³-hybridized carbons (Fsp3) is 0.353. The Morgan fingerprint density at radius 1 is 1.20 bits per heavy atom. The second-order valence-electron chi connectivity index (χ2n) is 5.40. The fourth-order valence-corrected chi connectivity index (χ4v) is 2.37. The van der Waals surface area contributed by atoms with Crippen LogP contribution >= 0.6 is 0 Å². The van der Waals surface area contributed by atoms with Crippen molar-refractivity contribution >= 4 is 18.0 Å². The number of urea groups is 1. The van der Waals surface area contributed by atoms with Gasteiger partial charge in [0.2, 0.25) is 0 Å². The van der Waals surface area contributed by atoms with Crippen LogP contribution < -0.4 is 10.6 Å². The van der Waals surface area contributed by atoms with Crippen LogP contribution in [0.2, 0.25) is 0 Å².